The second kappa shape index (κ2) is 8.42. The van der Waals surface area contributed by atoms with Gasteiger partial charge in [-0.1, -0.05) is 96.2 Å². The third-order valence-electron chi connectivity index (χ3n) is 4.14. The van der Waals surface area contributed by atoms with Gasteiger partial charge in [0, 0.05) is 5.02 Å². The Kier molecular flexibility index (Phi) is 5.56. The van der Waals surface area contributed by atoms with Gasteiger partial charge < -0.3 is 4.42 Å². The van der Waals surface area contributed by atoms with Crippen molar-refractivity contribution in [2.75, 3.05) is 0 Å². The van der Waals surface area contributed by atoms with Gasteiger partial charge in [-0.05, 0) is 28.8 Å². The minimum absolute atomic E-state index is 0.0495. The van der Waals surface area contributed by atoms with E-state index in [2.05, 4.69) is 34.5 Å². The second-order valence-corrected chi connectivity index (χ2v) is 7.58. The summed E-state index contributed by atoms with van der Waals surface area (Å²) in [6, 6.07) is 28.3. The van der Waals surface area contributed by atoms with E-state index in [0.717, 1.165) is 16.1 Å². The monoisotopic (exact) mass is 392 g/mol. The van der Waals surface area contributed by atoms with Gasteiger partial charge in [0.1, 0.15) is 0 Å². The Morgan fingerprint density at radius 2 is 1.41 bits per heavy atom. The van der Waals surface area contributed by atoms with Gasteiger partial charge in [0.2, 0.25) is 5.89 Å². The van der Waals surface area contributed by atoms with E-state index in [1.807, 2.05) is 60.7 Å². The molecule has 1 heterocycles. The highest BCUT2D eigenvalue weighted by Crippen LogP contribution is 2.40. The fourth-order valence-corrected chi connectivity index (χ4v) is 3.97. The molecule has 3 nitrogen and oxygen atoms in total. The van der Waals surface area contributed by atoms with Crippen LogP contribution in [0.1, 0.15) is 27.8 Å². The van der Waals surface area contributed by atoms with E-state index in [1.165, 1.54) is 5.56 Å². The molecule has 4 aromatic rings. The number of thioether (sulfide) groups is 1. The van der Waals surface area contributed by atoms with Crippen LogP contribution in [-0.2, 0) is 6.42 Å². The molecule has 0 saturated heterocycles. The summed E-state index contributed by atoms with van der Waals surface area (Å²) in [7, 11) is 0. The number of rotatable bonds is 6. The van der Waals surface area contributed by atoms with Gasteiger partial charge in [0.25, 0.3) is 5.22 Å². The van der Waals surface area contributed by atoms with Crippen LogP contribution in [0.2, 0.25) is 5.02 Å². The quantitative estimate of drug-likeness (QED) is 0.366. The minimum Gasteiger partial charge on any atom is -0.416 e. The summed E-state index contributed by atoms with van der Waals surface area (Å²) < 4.78 is 5.90. The fourth-order valence-electron chi connectivity index (χ4n) is 2.82. The van der Waals surface area contributed by atoms with Crippen LogP contribution in [0.5, 0.6) is 0 Å². The van der Waals surface area contributed by atoms with Crippen molar-refractivity contribution in [2.24, 2.45) is 0 Å². The van der Waals surface area contributed by atoms with Gasteiger partial charge in [-0.25, -0.2) is 0 Å². The first kappa shape index (κ1) is 17.8. The van der Waals surface area contributed by atoms with Crippen molar-refractivity contribution in [1.82, 2.24) is 10.2 Å². The summed E-state index contributed by atoms with van der Waals surface area (Å²) in [5.74, 6) is 0.617. The molecule has 4 rings (SSSR count). The van der Waals surface area contributed by atoms with Crippen molar-refractivity contribution in [1.29, 1.82) is 0 Å². The van der Waals surface area contributed by atoms with Crippen molar-refractivity contribution in [3.8, 4) is 0 Å². The molecule has 5 heteroatoms. The number of hydrogen-bond acceptors (Lipinski definition) is 4. The lowest BCUT2D eigenvalue weighted by atomic mass is 10.0. The van der Waals surface area contributed by atoms with Crippen LogP contribution in [-0.4, -0.2) is 10.2 Å². The summed E-state index contributed by atoms with van der Waals surface area (Å²) in [5, 5.41) is 9.78. The van der Waals surface area contributed by atoms with E-state index in [0.29, 0.717) is 17.5 Å². The van der Waals surface area contributed by atoms with E-state index in [4.69, 9.17) is 16.0 Å². The molecule has 134 valence electrons. The smallest absolute Gasteiger partial charge is 0.277 e. The zero-order chi connectivity index (χ0) is 18.5. The molecule has 0 radical (unpaired) electrons. The molecule has 3 aromatic carbocycles. The second-order valence-electron chi connectivity index (χ2n) is 6.08. The lowest BCUT2D eigenvalue weighted by Gasteiger charge is -2.15. The molecule has 0 aliphatic heterocycles. The zero-order valence-electron chi connectivity index (χ0n) is 14.5. The standard InChI is InChI=1S/C22H17ClN2OS/c23-19-13-11-18(12-14-19)21(17-9-5-2-6-10-17)27-22-25-24-20(26-22)15-16-7-3-1-4-8-16/h1-14,21H,15H2. The maximum atomic E-state index is 6.06. The van der Waals surface area contributed by atoms with Crippen molar-refractivity contribution >= 4 is 23.4 Å². The molecule has 0 amide bonds. The molecule has 1 atom stereocenters. The molecular weight excluding hydrogens is 376 g/mol. The van der Waals surface area contributed by atoms with Crippen LogP contribution in [0.25, 0.3) is 0 Å². The Morgan fingerprint density at radius 1 is 0.778 bits per heavy atom. The van der Waals surface area contributed by atoms with Crippen LogP contribution >= 0.6 is 23.4 Å². The van der Waals surface area contributed by atoms with Crippen LogP contribution in [0, 0.1) is 0 Å². The number of hydrogen-bond donors (Lipinski definition) is 0. The molecule has 0 saturated carbocycles. The van der Waals surface area contributed by atoms with Crippen LogP contribution in [0.15, 0.2) is 94.6 Å². The first-order valence-electron chi connectivity index (χ1n) is 8.61. The third-order valence-corrected chi connectivity index (χ3v) is 5.54. The Bertz CT molecular complexity index is 988. The molecule has 1 unspecified atom stereocenters. The Labute approximate surface area is 167 Å². The summed E-state index contributed by atoms with van der Waals surface area (Å²) >= 11 is 7.60. The van der Waals surface area contributed by atoms with Gasteiger partial charge >= 0.3 is 0 Å². The summed E-state index contributed by atoms with van der Waals surface area (Å²) in [6.07, 6.45) is 0.630. The van der Waals surface area contributed by atoms with Crippen molar-refractivity contribution in [3.63, 3.8) is 0 Å². The van der Waals surface area contributed by atoms with E-state index in [1.54, 1.807) is 11.8 Å². The third kappa shape index (κ3) is 4.59. The number of benzene rings is 3. The lowest BCUT2D eigenvalue weighted by Crippen LogP contribution is -1.96. The Morgan fingerprint density at radius 3 is 2.11 bits per heavy atom. The summed E-state index contributed by atoms with van der Waals surface area (Å²) in [5.41, 5.74) is 3.46. The summed E-state index contributed by atoms with van der Waals surface area (Å²) in [4.78, 5) is 0. The van der Waals surface area contributed by atoms with E-state index in [9.17, 15) is 0 Å². The number of nitrogens with zero attached hydrogens (tertiary/aromatic N) is 2. The summed E-state index contributed by atoms with van der Waals surface area (Å²) in [6.45, 7) is 0. The first-order chi connectivity index (χ1) is 13.3. The van der Waals surface area contributed by atoms with Crippen LogP contribution in [0.3, 0.4) is 0 Å². The van der Waals surface area contributed by atoms with Gasteiger partial charge in [0.05, 0.1) is 11.7 Å². The fraction of sp³-hybridized carbons (Fsp3) is 0.0909. The van der Waals surface area contributed by atoms with Gasteiger partial charge in [0.15, 0.2) is 0 Å². The maximum Gasteiger partial charge on any atom is 0.277 e. The highest BCUT2D eigenvalue weighted by molar-refractivity contribution is 7.99. The number of aromatic nitrogens is 2. The molecule has 0 aliphatic carbocycles. The Hall–Kier alpha value is -2.56. The first-order valence-corrected chi connectivity index (χ1v) is 9.87. The predicted molar refractivity (Wildman–Crippen MR) is 109 cm³/mol. The SMILES string of the molecule is Clc1ccc(C(Sc2nnc(Cc3ccccc3)o2)c2ccccc2)cc1. The average Bonchev–Trinajstić information content (AvgIpc) is 3.15. The largest absolute Gasteiger partial charge is 0.416 e. The number of halogens is 1. The molecule has 1 aromatic heterocycles. The van der Waals surface area contributed by atoms with E-state index in [-0.39, 0.29) is 5.25 Å². The molecule has 0 spiro atoms. The van der Waals surface area contributed by atoms with Crippen molar-refractivity contribution in [2.45, 2.75) is 16.9 Å². The lowest BCUT2D eigenvalue weighted by molar-refractivity contribution is 0.420. The highest BCUT2D eigenvalue weighted by Gasteiger charge is 2.19. The van der Waals surface area contributed by atoms with Crippen LogP contribution < -0.4 is 0 Å². The van der Waals surface area contributed by atoms with Crippen molar-refractivity contribution < 1.29 is 4.42 Å². The topological polar surface area (TPSA) is 38.9 Å². The minimum atomic E-state index is 0.0495. The molecule has 27 heavy (non-hydrogen) atoms. The van der Waals surface area contributed by atoms with Gasteiger partial charge in [-0.3, -0.25) is 0 Å². The Balaban J connectivity index is 1.58. The van der Waals surface area contributed by atoms with E-state index >= 15 is 0 Å². The van der Waals surface area contributed by atoms with Crippen LogP contribution in [0.4, 0.5) is 0 Å². The van der Waals surface area contributed by atoms with Gasteiger partial charge in [-0.2, -0.15) is 0 Å². The molecule has 0 aliphatic rings. The van der Waals surface area contributed by atoms with E-state index < -0.39 is 0 Å². The zero-order valence-corrected chi connectivity index (χ0v) is 16.0. The predicted octanol–water partition coefficient (Wildman–Crippen LogP) is 6.20. The molecular formula is C22H17ClN2OS. The van der Waals surface area contributed by atoms with Gasteiger partial charge in [-0.15, -0.1) is 10.2 Å². The normalized spacial score (nSPS) is 12.0. The molecule has 0 N–H and O–H groups in total. The van der Waals surface area contributed by atoms with Crippen molar-refractivity contribution in [3.05, 3.63) is 113 Å². The highest BCUT2D eigenvalue weighted by atomic mass is 35.5. The average molecular weight is 393 g/mol. The molecule has 0 bridgehead atoms. The molecule has 0 fully saturated rings. The maximum absolute atomic E-state index is 6.06.